The molecule has 3 heteroatoms. The Hall–Kier alpha value is -1.16. The van der Waals surface area contributed by atoms with Crippen molar-refractivity contribution in [3.05, 3.63) is 68.3 Å². The first-order chi connectivity index (χ1) is 10.2. The molecule has 0 spiro atoms. The van der Waals surface area contributed by atoms with E-state index in [0.717, 1.165) is 6.54 Å². The van der Waals surface area contributed by atoms with Gasteiger partial charge in [0.15, 0.2) is 0 Å². The Balaban J connectivity index is 2.21. The van der Waals surface area contributed by atoms with Gasteiger partial charge in [-0.05, 0) is 68.3 Å². The summed E-state index contributed by atoms with van der Waals surface area (Å²) in [6.45, 7) is 5.31. The predicted octanol–water partition coefficient (Wildman–Crippen LogP) is 5.67. The third kappa shape index (κ3) is 2.91. The van der Waals surface area contributed by atoms with E-state index < -0.39 is 0 Å². The zero-order valence-corrected chi connectivity index (χ0v) is 14.6. The van der Waals surface area contributed by atoms with Gasteiger partial charge in [-0.1, -0.05) is 43.3 Å². The maximum absolute atomic E-state index is 3.65. The van der Waals surface area contributed by atoms with Crippen LogP contribution in [-0.2, 0) is 0 Å². The van der Waals surface area contributed by atoms with Crippen LogP contribution in [0.3, 0.4) is 0 Å². The molecule has 0 saturated carbocycles. The Morgan fingerprint density at radius 1 is 1.19 bits per heavy atom. The molecule has 3 aromatic rings. The molecule has 1 aromatic heterocycles. The largest absolute Gasteiger partial charge is 0.306 e. The summed E-state index contributed by atoms with van der Waals surface area (Å²) in [4.78, 5) is 0. The molecule has 1 N–H and O–H groups in total. The lowest BCUT2D eigenvalue weighted by atomic mass is 9.91. The molecule has 1 nitrogen and oxygen atoms in total. The quantitative estimate of drug-likeness (QED) is 0.632. The highest BCUT2D eigenvalue weighted by molar-refractivity contribution is 9.11. The second-order valence-electron chi connectivity index (χ2n) is 5.19. The molecule has 1 unspecified atom stereocenters. The standard InChI is InChI=1S/C18H18BrNS/c1-3-20-18(14-10-16(19)21-11-14)17-12(2)8-9-13-6-4-5-7-15(13)17/h4-11,18,20H,3H2,1-2H3. The fraction of sp³-hybridized carbons (Fsp3) is 0.222. The van der Waals surface area contributed by atoms with Gasteiger partial charge in [0.1, 0.15) is 0 Å². The topological polar surface area (TPSA) is 12.0 Å². The van der Waals surface area contributed by atoms with Crippen molar-refractivity contribution < 1.29 is 0 Å². The van der Waals surface area contributed by atoms with Crippen LogP contribution in [0.15, 0.2) is 51.6 Å². The number of hydrogen-bond donors (Lipinski definition) is 1. The lowest BCUT2D eigenvalue weighted by Gasteiger charge is -2.22. The van der Waals surface area contributed by atoms with Gasteiger partial charge < -0.3 is 5.32 Å². The minimum absolute atomic E-state index is 0.239. The number of rotatable bonds is 4. The van der Waals surface area contributed by atoms with E-state index in [1.807, 2.05) is 0 Å². The van der Waals surface area contributed by atoms with Gasteiger partial charge in [-0.15, -0.1) is 11.3 Å². The van der Waals surface area contributed by atoms with E-state index in [1.54, 1.807) is 11.3 Å². The lowest BCUT2D eigenvalue weighted by molar-refractivity contribution is 0.633. The first-order valence-corrected chi connectivity index (χ1v) is 8.83. The average Bonchev–Trinajstić information content (AvgIpc) is 2.92. The summed E-state index contributed by atoms with van der Waals surface area (Å²) in [6, 6.07) is 15.5. The lowest BCUT2D eigenvalue weighted by Crippen LogP contribution is -2.22. The van der Waals surface area contributed by atoms with Crippen molar-refractivity contribution in [2.75, 3.05) is 6.54 Å². The van der Waals surface area contributed by atoms with Crippen molar-refractivity contribution in [2.45, 2.75) is 19.9 Å². The number of fused-ring (bicyclic) bond motifs is 1. The van der Waals surface area contributed by atoms with Crippen LogP contribution in [0.1, 0.15) is 29.7 Å². The summed E-state index contributed by atoms with van der Waals surface area (Å²) in [6.07, 6.45) is 0. The highest BCUT2D eigenvalue weighted by atomic mass is 79.9. The zero-order chi connectivity index (χ0) is 14.8. The first-order valence-electron chi connectivity index (χ1n) is 7.16. The van der Waals surface area contributed by atoms with Gasteiger partial charge in [-0.3, -0.25) is 0 Å². The fourth-order valence-corrected chi connectivity index (χ4v) is 4.05. The predicted molar refractivity (Wildman–Crippen MR) is 96.2 cm³/mol. The molecule has 0 aliphatic rings. The number of benzene rings is 2. The molecule has 0 aliphatic heterocycles. The molecular weight excluding hydrogens is 342 g/mol. The molecule has 1 heterocycles. The SMILES string of the molecule is CCNC(c1csc(Br)c1)c1c(C)ccc2ccccc12. The highest BCUT2D eigenvalue weighted by Crippen LogP contribution is 2.34. The summed E-state index contributed by atoms with van der Waals surface area (Å²) in [5.41, 5.74) is 4.05. The van der Waals surface area contributed by atoms with Crippen LogP contribution in [0.2, 0.25) is 0 Å². The van der Waals surface area contributed by atoms with Crippen molar-refractivity contribution in [3.63, 3.8) is 0 Å². The van der Waals surface area contributed by atoms with Gasteiger partial charge in [-0.25, -0.2) is 0 Å². The van der Waals surface area contributed by atoms with Crippen LogP contribution >= 0.6 is 27.3 Å². The van der Waals surface area contributed by atoms with Crippen LogP contribution in [0.5, 0.6) is 0 Å². The molecule has 1 atom stereocenters. The van der Waals surface area contributed by atoms with Gasteiger partial charge in [0, 0.05) is 0 Å². The van der Waals surface area contributed by atoms with Crippen LogP contribution < -0.4 is 5.32 Å². The van der Waals surface area contributed by atoms with Crippen LogP contribution in [-0.4, -0.2) is 6.54 Å². The molecule has 0 saturated heterocycles. The van der Waals surface area contributed by atoms with Crippen LogP contribution in [0, 0.1) is 6.92 Å². The second kappa shape index (κ2) is 6.30. The van der Waals surface area contributed by atoms with Gasteiger partial charge >= 0.3 is 0 Å². The Bertz CT molecular complexity index is 763. The summed E-state index contributed by atoms with van der Waals surface area (Å²) in [5, 5.41) is 8.52. The molecule has 2 aromatic carbocycles. The molecule has 0 amide bonds. The van der Waals surface area contributed by atoms with Crippen molar-refractivity contribution in [1.82, 2.24) is 5.32 Å². The monoisotopic (exact) mass is 359 g/mol. The average molecular weight is 360 g/mol. The van der Waals surface area contributed by atoms with Crippen LogP contribution in [0.25, 0.3) is 10.8 Å². The summed E-state index contributed by atoms with van der Waals surface area (Å²) in [7, 11) is 0. The van der Waals surface area contributed by atoms with E-state index in [2.05, 4.69) is 82.9 Å². The van der Waals surface area contributed by atoms with E-state index in [0.29, 0.717) is 0 Å². The van der Waals surface area contributed by atoms with Crippen molar-refractivity contribution >= 4 is 38.0 Å². The maximum Gasteiger partial charge on any atom is 0.0701 e. The molecular formula is C18H18BrNS. The Morgan fingerprint density at radius 3 is 2.71 bits per heavy atom. The van der Waals surface area contributed by atoms with Gasteiger partial charge in [-0.2, -0.15) is 0 Å². The molecule has 0 radical (unpaired) electrons. The molecule has 0 aliphatic carbocycles. The van der Waals surface area contributed by atoms with Gasteiger partial charge in [0.25, 0.3) is 0 Å². The number of hydrogen-bond acceptors (Lipinski definition) is 2. The minimum atomic E-state index is 0.239. The maximum atomic E-state index is 3.65. The third-order valence-corrected chi connectivity index (χ3v) is 5.33. The van der Waals surface area contributed by atoms with E-state index in [9.17, 15) is 0 Å². The van der Waals surface area contributed by atoms with E-state index in [1.165, 1.54) is 31.2 Å². The van der Waals surface area contributed by atoms with Crippen molar-refractivity contribution in [3.8, 4) is 0 Å². The summed E-state index contributed by atoms with van der Waals surface area (Å²) >= 11 is 5.32. The van der Waals surface area contributed by atoms with Crippen LogP contribution in [0.4, 0.5) is 0 Å². The Labute approximate surface area is 138 Å². The Morgan fingerprint density at radius 2 is 2.00 bits per heavy atom. The third-order valence-electron chi connectivity index (χ3n) is 3.81. The first kappa shape index (κ1) is 14.8. The number of nitrogens with one attached hydrogen (secondary N) is 1. The normalized spacial score (nSPS) is 12.7. The zero-order valence-electron chi connectivity index (χ0n) is 12.2. The number of halogens is 1. The molecule has 108 valence electrons. The number of thiophene rings is 1. The second-order valence-corrected chi connectivity index (χ2v) is 7.48. The summed E-state index contributed by atoms with van der Waals surface area (Å²) < 4.78 is 1.18. The highest BCUT2D eigenvalue weighted by Gasteiger charge is 2.19. The molecule has 21 heavy (non-hydrogen) atoms. The molecule has 3 rings (SSSR count). The van der Waals surface area contributed by atoms with E-state index in [4.69, 9.17) is 0 Å². The molecule has 0 bridgehead atoms. The van der Waals surface area contributed by atoms with E-state index in [-0.39, 0.29) is 6.04 Å². The van der Waals surface area contributed by atoms with E-state index >= 15 is 0 Å². The Kier molecular flexibility index (Phi) is 4.43. The fourth-order valence-electron chi connectivity index (χ4n) is 2.85. The summed E-state index contributed by atoms with van der Waals surface area (Å²) in [5.74, 6) is 0. The van der Waals surface area contributed by atoms with Crippen molar-refractivity contribution in [2.24, 2.45) is 0 Å². The smallest absolute Gasteiger partial charge is 0.0701 e. The molecule has 0 fully saturated rings. The van der Waals surface area contributed by atoms with Gasteiger partial charge in [0.05, 0.1) is 9.83 Å². The van der Waals surface area contributed by atoms with Crippen molar-refractivity contribution in [1.29, 1.82) is 0 Å². The number of aryl methyl sites for hydroxylation is 1. The minimum Gasteiger partial charge on any atom is -0.306 e. The van der Waals surface area contributed by atoms with Gasteiger partial charge in [0.2, 0.25) is 0 Å².